The molecular formula is C12H24N2O3S. The van der Waals surface area contributed by atoms with E-state index >= 15 is 0 Å². The topological polar surface area (TPSA) is 58.6 Å². The Kier molecular flexibility index (Phi) is 4.64. The van der Waals surface area contributed by atoms with Crippen molar-refractivity contribution in [3.8, 4) is 0 Å². The summed E-state index contributed by atoms with van der Waals surface area (Å²) in [4.78, 5) is 0. The Morgan fingerprint density at radius 1 is 1.06 bits per heavy atom. The zero-order valence-corrected chi connectivity index (χ0v) is 12.1. The van der Waals surface area contributed by atoms with E-state index in [-0.39, 0.29) is 18.2 Å². The molecule has 0 aromatic rings. The molecule has 2 atom stereocenters. The molecule has 1 saturated carbocycles. The first-order valence-electron chi connectivity index (χ1n) is 6.90. The van der Waals surface area contributed by atoms with Gasteiger partial charge in [-0.25, -0.2) is 0 Å². The lowest BCUT2D eigenvalue weighted by Crippen LogP contribution is -2.53. The van der Waals surface area contributed by atoms with Gasteiger partial charge in [0.15, 0.2) is 0 Å². The van der Waals surface area contributed by atoms with Crippen LogP contribution in [0.15, 0.2) is 0 Å². The molecule has 1 aliphatic heterocycles. The van der Waals surface area contributed by atoms with Crippen LogP contribution in [0.4, 0.5) is 0 Å². The molecule has 2 rings (SSSR count). The van der Waals surface area contributed by atoms with Crippen molar-refractivity contribution in [3.63, 3.8) is 0 Å². The maximum atomic E-state index is 12.3. The lowest BCUT2D eigenvalue weighted by atomic mass is 9.96. The van der Waals surface area contributed by atoms with Gasteiger partial charge in [0, 0.05) is 19.1 Å². The summed E-state index contributed by atoms with van der Waals surface area (Å²) in [6.07, 6.45) is 5.35. The summed E-state index contributed by atoms with van der Waals surface area (Å²) in [6.45, 7) is 4.73. The van der Waals surface area contributed by atoms with Crippen LogP contribution in [-0.4, -0.2) is 44.1 Å². The quantitative estimate of drug-likeness (QED) is 0.844. The molecule has 2 fully saturated rings. The highest BCUT2D eigenvalue weighted by molar-refractivity contribution is 7.87. The molecule has 1 saturated heterocycles. The number of nitrogens with one attached hydrogen (secondary N) is 1. The predicted octanol–water partition coefficient (Wildman–Crippen LogP) is 1.26. The smallest absolute Gasteiger partial charge is 0.279 e. The highest BCUT2D eigenvalue weighted by atomic mass is 32.2. The van der Waals surface area contributed by atoms with E-state index in [0.29, 0.717) is 13.1 Å². The Morgan fingerprint density at radius 3 is 2.17 bits per heavy atom. The van der Waals surface area contributed by atoms with Gasteiger partial charge in [-0.15, -0.1) is 0 Å². The summed E-state index contributed by atoms with van der Waals surface area (Å²) in [7, 11) is -3.35. The van der Waals surface area contributed by atoms with Gasteiger partial charge in [-0.2, -0.15) is 17.4 Å². The number of ether oxygens (including phenoxy) is 1. The third-order valence-electron chi connectivity index (χ3n) is 3.65. The van der Waals surface area contributed by atoms with E-state index in [0.717, 1.165) is 25.7 Å². The van der Waals surface area contributed by atoms with Crippen molar-refractivity contribution >= 4 is 10.2 Å². The van der Waals surface area contributed by atoms with Crippen LogP contribution in [0.5, 0.6) is 0 Å². The van der Waals surface area contributed by atoms with Crippen molar-refractivity contribution in [2.24, 2.45) is 0 Å². The molecule has 0 radical (unpaired) electrons. The number of nitrogens with zero attached hydrogens (tertiary/aromatic N) is 1. The summed E-state index contributed by atoms with van der Waals surface area (Å²) in [6, 6.07) is 0.122. The number of morpholine rings is 1. The Balaban J connectivity index is 1.96. The molecule has 0 spiro atoms. The molecule has 1 heterocycles. The largest absolute Gasteiger partial charge is 0.373 e. The van der Waals surface area contributed by atoms with Gasteiger partial charge in [0.1, 0.15) is 0 Å². The van der Waals surface area contributed by atoms with E-state index in [1.54, 1.807) is 0 Å². The zero-order chi connectivity index (χ0) is 13.2. The van der Waals surface area contributed by atoms with Gasteiger partial charge >= 0.3 is 0 Å². The summed E-state index contributed by atoms with van der Waals surface area (Å²) < 4.78 is 34.6. The van der Waals surface area contributed by atoms with Gasteiger partial charge in [-0.05, 0) is 26.7 Å². The Labute approximate surface area is 110 Å². The molecule has 6 heteroatoms. The van der Waals surface area contributed by atoms with Gasteiger partial charge in [0.2, 0.25) is 0 Å². The lowest BCUT2D eigenvalue weighted by molar-refractivity contribution is -0.0445. The van der Waals surface area contributed by atoms with Crippen LogP contribution >= 0.6 is 0 Å². The third kappa shape index (κ3) is 3.66. The van der Waals surface area contributed by atoms with E-state index in [1.165, 1.54) is 10.7 Å². The minimum absolute atomic E-state index is 0.0309. The van der Waals surface area contributed by atoms with Crippen molar-refractivity contribution in [1.82, 2.24) is 9.03 Å². The van der Waals surface area contributed by atoms with Crippen LogP contribution in [0.3, 0.4) is 0 Å². The first-order valence-corrected chi connectivity index (χ1v) is 8.34. The molecule has 2 aliphatic rings. The summed E-state index contributed by atoms with van der Waals surface area (Å²) >= 11 is 0. The van der Waals surface area contributed by atoms with Crippen LogP contribution < -0.4 is 4.72 Å². The van der Waals surface area contributed by atoms with E-state index in [4.69, 9.17) is 4.74 Å². The van der Waals surface area contributed by atoms with Gasteiger partial charge in [0.25, 0.3) is 10.2 Å². The molecule has 5 nitrogen and oxygen atoms in total. The SMILES string of the molecule is C[C@@H]1CN(S(=O)(=O)NC2CCCCC2)C[C@@H](C)O1. The van der Waals surface area contributed by atoms with Gasteiger partial charge < -0.3 is 4.74 Å². The minimum Gasteiger partial charge on any atom is -0.373 e. The normalized spacial score (nSPS) is 32.6. The molecule has 1 N–H and O–H groups in total. The summed E-state index contributed by atoms with van der Waals surface area (Å²) in [5.41, 5.74) is 0. The van der Waals surface area contributed by atoms with Crippen molar-refractivity contribution in [1.29, 1.82) is 0 Å². The standard InChI is InChI=1S/C12H24N2O3S/c1-10-8-14(9-11(2)17-10)18(15,16)13-12-6-4-3-5-7-12/h10-13H,3-9H2,1-2H3/t10-,11-/m1/s1. The molecular weight excluding hydrogens is 252 g/mol. The average molecular weight is 276 g/mol. The van der Waals surface area contributed by atoms with Crippen LogP contribution in [0.2, 0.25) is 0 Å². The van der Waals surface area contributed by atoms with Crippen LogP contribution in [0.25, 0.3) is 0 Å². The Bertz CT molecular complexity index is 356. The molecule has 18 heavy (non-hydrogen) atoms. The summed E-state index contributed by atoms with van der Waals surface area (Å²) in [5.74, 6) is 0. The van der Waals surface area contributed by atoms with Crippen molar-refractivity contribution < 1.29 is 13.2 Å². The van der Waals surface area contributed by atoms with Crippen molar-refractivity contribution in [2.75, 3.05) is 13.1 Å². The zero-order valence-electron chi connectivity index (χ0n) is 11.3. The molecule has 0 aromatic carbocycles. The number of hydrogen-bond donors (Lipinski definition) is 1. The molecule has 106 valence electrons. The van der Waals surface area contributed by atoms with E-state index in [2.05, 4.69) is 4.72 Å². The molecule has 0 aromatic heterocycles. The van der Waals surface area contributed by atoms with Gasteiger partial charge in [-0.1, -0.05) is 19.3 Å². The fourth-order valence-electron chi connectivity index (χ4n) is 2.83. The average Bonchev–Trinajstić information content (AvgIpc) is 2.28. The lowest BCUT2D eigenvalue weighted by Gasteiger charge is -2.35. The van der Waals surface area contributed by atoms with Crippen molar-refractivity contribution in [2.45, 2.75) is 64.2 Å². The van der Waals surface area contributed by atoms with E-state index in [9.17, 15) is 8.42 Å². The molecule has 0 amide bonds. The maximum Gasteiger partial charge on any atom is 0.279 e. The first kappa shape index (κ1) is 14.2. The predicted molar refractivity (Wildman–Crippen MR) is 70.5 cm³/mol. The highest BCUT2D eigenvalue weighted by Gasteiger charge is 2.32. The Hall–Kier alpha value is -0.170. The highest BCUT2D eigenvalue weighted by Crippen LogP contribution is 2.20. The number of hydrogen-bond acceptors (Lipinski definition) is 3. The van der Waals surface area contributed by atoms with Crippen LogP contribution in [-0.2, 0) is 14.9 Å². The van der Waals surface area contributed by atoms with Gasteiger partial charge in [0.05, 0.1) is 12.2 Å². The van der Waals surface area contributed by atoms with Crippen LogP contribution in [0, 0.1) is 0 Å². The second kappa shape index (κ2) is 5.86. The van der Waals surface area contributed by atoms with Crippen LogP contribution in [0.1, 0.15) is 46.0 Å². The molecule has 0 unspecified atom stereocenters. The fraction of sp³-hybridized carbons (Fsp3) is 1.00. The maximum absolute atomic E-state index is 12.3. The van der Waals surface area contributed by atoms with E-state index < -0.39 is 10.2 Å². The Morgan fingerprint density at radius 2 is 1.61 bits per heavy atom. The number of rotatable bonds is 3. The second-order valence-electron chi connectivity index (χ2n) is 5.53. The minimum atomic E-state index is -3.35. The monoisotopic (exact) mass is 276 g/mol. The third-order valence-corrected chi connectivity index (χ3v) is 5.26. The van der Waals surface area contributed by atoms with E-state index in [1.807, 2.05) is 13.8 Å². The van der Waals surface area contributed by atoms with Gasteiger partial charge in [-0.3, -0.25) is 0 Å². The molecule has 0 bridgehead atoms. The molecule has 1 aliphatic carbocycles. The summed E-state index contributed by atoms with van der Waals surface area (Å²) in [5, 5.41) is 0. The fourth-order valence-corrected chi connectivity index (χ4v) is 4.45. The second-order valence-corrected chi connectivity index (χ2v) is 7.23. The van der Waals surface area contributed by atoms with Crippen molar-refractivity contribution in [3.05, 3.63) is 0 Å². The first-order chi connectivity index (χ1) is 8.47.